The van der Waals surface area contributed by atoms with E-state index in [1.54, 1.807) is 0 Å². The van der Waals surface area contributed by atoms with Gasteiger partial charge in [-0.2, -0.15) is 0 Å². The summed E-state index contributed by atoms with van der Waals surface area (Å²) in [5.74, 6) is 1.27. The number of aldehydes is 1. The number of hydrogen-bond acceptors (Lipinski definition) is 4. The van der Waals surface area contributed by atoms with E-state index < -0.39 is 0 Å². The molecule has 0 aliphatic carbocycles. The molecule has 0 N–H and O–H groups in total. The summed E-state index contributed by atoms with van der Waals surface area (Å²) in [5, 5.41) is 8.56. The number of rotatable bonds is 3. The van der Waals surface area contributed by atoms with Crippen LogP contribution >= 0.6 is 0 Å². The first-order chi connectivity index (χ1) is 9.70. The Morgan fingerprint density at radius 3 is 2.95 bits per heavy atom. The molecule has 1 unspecified atom stereocenters. The van der Waals surface area contributed by atoms with Gasteiger partial charge >= 0.3 is 0 Å². The monoisotopic (exact) mass is 272 g/mol. The largest absolute Gasteiger partial charge is 0.300 e. The summed E-state index contributed by atoms with van der Waals surface area (Å²) < 4.78 is 1.90. The molecular formula is C15H20N4O. The highest BCUT2D eigenvalue weighted by Crippen LogP contribution is 2.27. The zero-order valence-corrected chi connectivity index (χ0v) is 12.0. The molecule has 1 atom stereocenters. The summed E-state index contributed by atoms with van der Waals surface area (Å²) in [4.78, 5) is 13.7. The summed E-state index contributed by atoms with van der Waals surface area (Å²) in [6.45, 7) is 6.58. The van der Waals surface area contributed by atoms with E-state index >= 15 is 0 Å². The van der Waals surface area contributed by atoms with Gasteiger partial charge in [0.25, 0.3) is 0 Å². The van der Waals surface area contributed by atoms with Gasteiger partial charge in [-0.25, -0.2) is 0 Å². The van der Waals surface area contributed by atoms with Crippen LogP contribution in [0.15, 0.2) is 18.2 Å². The highest BCUT2D eigenvalue weighted by atomic mass is 16.1. The molecule has 2 aromatic heterocycles. The predicted molar refractivity (Wildman–Crippen MR) is 77.1 cm³/mol. The van der Waals surface area contributed by atoms with Crippen molar-refractivity contribution in [1.29, 1.82) is 0 Å². The minimum atomic E-state index is 0.349. The molecule has 20 heavy (non-hydrogen) atoms. The number of likely N-dealkylation sites (tertiary alicyclic amines) is 1. The lowest BCUT2D eigenvalue weighted by molar-refractivity contribution is 0.111. The van der Waals surface area contributed by atoms with E-state index in [0.717, 1.165) is 37.3 Å². The lowest BCUT2D eigenvalue weighted by atomic mass is 9.96. The van der Waals surface area contributed by atoms with Crippen LogP contribution in [0.3, 0.4) is 0 Å². The minimum Gasteiger partial charge on any atom is -0.300 e. The van der Waals surface area contributed by atoms with E-state index in [4.69, 9.17) is 0 Å². The first-order valence-electron chi connectivity index (χ1n) is 7.24. The van der Waals surface area contributed by atoms with E-state index in [0.29, 0.717) is 17.7 Å². The zero-order valence-electron chi connectivity index (χ0n) is 12.0. The molecule has 106 valence electrons. The van der Waals surface area contributed by atoms with E-state index in [2.05, 4.69) is 28.9 Å². The average Bonchev–Trinajstić information content (AvgIpc) is 2.91. The van der Waals surface area contributed by atoms with E-state index in [1.807, 2.05) is 22.6 Å². The molecule has 1 aliphatic rings. The van der Waals surface area contributed by atoms with Crippen LogP contribution in [0.1, 0.15) is 48.9 Å². The fourth-order valence-electron chi connectivity index (χ4n) is 3.03. The maximum atomic E-state index is 11.2. The van der Waals surface area contributed by atoms with Crippen LogP contribution in [0.2, 0.25) is 0 Å². The molecule has 1 fully saturated rings. The van der Waals surface area contributed by atoms with Gasteiger partial charge in [0.2, 0.25) is 0 Å². The third kappa shape index (κ3) is 2.22. The molecular weight excluding hydrogens is 252 g/mol. The van der Waals surface area contributed by atoms with Crippen molar-refractivity contribution in [3.8, 4) is 0 Å². The highest BCUT2D eigenvalue weighted by molar-refractivity contribution is 5.74. The number of carbonyl (C=O) groups excluding carboxylic acids is 1. The third-order valence-corrected chi connectivity index (χ3v) is 4.15. The molecule has 3 rings (SSSR count). The molecule has 1 saturated heterocycles. The Labute approximate surface area is 118 Å². The number of pyridine rings is 1. The van der Waals surface area contributed by atoms with Crippen molar-refractivity contribution in [1.82, 2.24) is 19.5 Å². The van der Waals surface area contributed by atoms with Crippen LogP contribution in [0, 0.1) is 0 Å². The summed E-state index contributed by atoms with van der Waals surface area (Å²) in [6.07, 6.45) is 3.15. The van der Waals surface area contributed by atoms with Crippen molar-refractivity contribution in [2.24, 2.45) is 0 Å². The molecule has 2 aromatic rings. The fraction of sp³-hybridized carbons (Fsp3) is 0.533. The van der Waals surface area contributed by atoms with E-state index in [9.17, 15) is 4.79 Å². The number of piperidine rings is 1. The normalized spacial score (nSPS) is 20.6. The van der Waals surface area contributed by atoms with Gasteiger partial charge in [0.15, 0.2) is 11.9 Å². The highest BCUT2D eigenvalue weighted by Gasteiger charge is 2.26. The molecule has 5 nitrogen and oxygen atoms in total. The second-order valence-electron chi connectivity index (χ2n) is 5.75. The van der Waals surface area contributed by atoms with Crippen LogP contribution in [-0.2, 0) is 0 Å². The van der Waals surface area contributed by atoms with Gasteiger partial charge in [0, 0.05) is 18.5 Å². The van der Waals surface area contributed by atoms with Crippen molar-refractivity contribution in [3.63, 3.8) is 0 Å². The van der Waals surface area contributed by atoms with Crippen molar-refractivity contribution in [3.05, 3.63) is 29.7 Å². The van der Waals surface area contributed by atoms with Gasteiger partial charge in [-0.3, -0.25) is 9.20 Å². The average molecular weight is 272 g/mol. The molecule has 0 aromatic carbocycles. The molecule has 0 bridgehead atoms. The number of aromatic nitrogens is 3. The summed E-state index contributed by atoms with van der Waals surface area (Å²) >= 11 is 0. The Kier molecular flexibility index (Phi) is 3.53. The van der Waals surface area contributed by atoms with E-state index in [1.165, 1.54) is 6.42 Å². The van der Waals surface area contributed by atoms with E-state index in [-0.39, 0.29) is 0 Å². The predicted octanol–water partition coefficient (Wildman–Crippen LogP) is 2.13. The van der Waals surface area contributed by atoms with Crippen LogP contribution in [0.5, 0.6) is 0 Å². The molecule has 0 saturated carbocycles. The second kappa shape index (κ2) is 5.32. The number of nitrogens with zero attached hydrogens (tertiary/aromatic N) is 4. The van der Waals surface area contributed by atoms with Crippen molar-refractivity contribution < 1.29 is 4.79 Å². The summed E-state index contributed by atoms with van der Waals surface area (Å²) in [5.41, 5.74) is 1.38. The Balaban J connectivity index is 1.99. The molecule has 0 radical (unpaired) electrons. The van der Waals surface area contributed by atoms with Gasteiger partial charge in [0.05, 0.1) is 5.69 Å². The SMILES string of the molecule is CC(C)N1CCCC(c2nnc3cccc(C=O)n23)C1. The van der Waals surface area contributed by atoms with Gasteiger partial charge in [0.1, 0.15) is 5.82 Å². The second-order valence-corrected chi connectivity index (χ2v) is 5.75. The standard InChI is InChI=1S/C15H20N4O/c1-11(2)18-8-4-5-12(9-18)15-17-16-14-7-3-6-13(10-20)19(14)15/h3,6-7,10-12H,4-5,8-9H2,1-2H3. The van der Waals surface area contributed by atoms with Crippen LogP contribution < -0.4 is 0 Å². The summed E-state index contributed by atoms with van der Waals surface area (Å²) in [7, 11) is 0. The van der Waals surface area contributed by atoms with Crippen LogP contribution in [-0.4, -0.2) is 44.9 Å². The fourth-order valence-corrected chi connectivity index (χ4v) is 3.03. The Morgan fingerprint density at radius 1 is 1.35 bits per heavy atom. The smallest absolute Gasteiger partial charge is 0.166 e. The first-order valence-corrected chi connectivity index (χ1v) is 7.24. The van der Waals surface area contributed by atoms with Crippen LogP contribution in [0.25, 0.3) is 5.65 Å². The molecule has 3 heterocycles. The Hall–Kier alpha value is -1.75. The number of carbonyl (C=O) groups is 1. The quantitative estimate of drug-likeness (QED) is 0.803. The minimum absolute atomic E-state index is 0.349. The summed E-state index contributed by atoms with van der Waals surface area (Å²) in [6, 6.07) is 6.10. The third-order valence-electron chi connectivity index (χ3n) is 4.15. The van der Waals surface area contributed by atoms with Crippen molar-refractivity contribution >= 4 is 11.9 Å². The van der Waals surface area contributed by atoms with Crippen LogP contribution in [0.4, 0.5) is 0 Å². The first kappa shape index (κ1) is 13.2. The van der Waals surface area contributed by atoms with Gasteiger partial charge in [-0.05, 0) is 45.4 Å². The maximum absolute atomic E-state index is 11.2. The molecule has 5 heteroatoms. The van der Waals surface area contributed by atoms with Crippen molar-refractivity contribution in [2.45, 2.75) is 38.6 Å². The number of hydrogen-bond donors (Lipinski definition) is 0. The maximum Gasteiger partial charge on any atom is 0.166 e. The topological polar surface area (TPSA) is 50.5 Å². The molecule has 1 aliphatic heterocycles. The Morgan fingerprint density at radius 2 is 2.20 bits per heavy atom. The molecule has 0 spiro atoms. The van der Waals surface area contributed by atoms with Gasteiger partial charge in [-0.1, -0.05) is 6.07 Å². The molecule has 0 amide bonds. The number of fused-ring (bicyclic) bond motifs is 1. The van der Waals surface area contributed by atoms with Crippen molar-refractivity contribution in [2.75, 3.05) is 13.1 Å². The van der Waals surface area contributed by atoms with Gasteiger partial charge < -0.3 is 4.90 Å². The lowest BCUT2D eigenvalue weighted by Crippen LogP contribution is -2.39. The van der Waals surface area contributed by atoms with Gasteiger partial charge in [-0.15, -0.1) is 10.2 Å². The Bertz CT molecular complexity index is 619. The zero-order chi connectivity index (χ0) is 14.1. The lowest BCUT2D eigenvalue weighted by Gasteiger charge is -2.34.